The van der Waals surface area contributed by atoms with Crippen LogP contribution in [-0.4, -0.2) is 44.5 Å². The summed E-state index contributed by atoms with van der Waals surface area (Å²) in [5.74, 6) is -3.58. The molecular weight excluding hydrogens is 431 g/mol. The van der Waals surface area contributed by atoms with Gasteiger partial charge in [0.25, 0.3) is 0 Å². The Bertz CT molecular complexity index is 1220. The Morgan fingerprint density at radius 1 is 1.18 bits per heavy atom. The van der Waals surface area contributed by atoms with E-state index in [1.54, 1.807) is 0 Å². The molecule has 33 heavy (non-hydrogen) atoms. The molecule has 0 saturated heterocycles. The lowest BCUT2D eigenvalue weighted by molar-refractivity contribution is -0.135. The molecule has 1 aliphatic heterocycles. The number of hydrogen-bond acceptors (Lipinski definition) is 6. The molecule has 2 heterocycles. The van der Waals surface area contributed by atoms with E-state index in [1.807, 2.05) is 30.3 Å². The van der Waals surface area contributed by atoms with E-state index < -0.39 is 36.2 Å². The number of rotatable bonds is 5. The number of carboxylic acids is 1. The lowest BCUT2D eigenvalue weighted by Crippen LogP contribution is -2.51. The number of ketones is 1. The summed E-state index contributed by atoms with van der Waals surface area (Å²) in [6.07, 6.45) is 5.47. The number of hydrogen-bond donors (Lipinski definition) is 4. The van der Waals surface area contributed by atoms with E-state index >= 15 is 0 Å². The normalized spacial score (nSPS) is 17.5. The molecule has 10 heteroatoms. The molecule has 1 unspecified atom stereocenters. The first-order chi connectivity index (χ1) is 15.8. The third-order valence-corrected chi connectivity index (χ3v) is 5.21. The first-order valence-corrected chi connectivity index (χ1v) is 9.96. The first-order valence-electron chi connectivity index (χ1n) is 9.96. The lowest BCUT2D eigenvalue weighted by Gasteiger charge is -2.36. The number of halogens is 1. The van der Waals surface area contributed by atoms with Gasteiger partial charge in [0, 0.05) is 22.9 Å². The molecule has 1 aromatic heterocycles. The zero-order valence-electron chi connectivity index (χ0n) is 17.2. The summed E-state index contributed by atoms with van der Waals surface area (Å²) in [4.78, 5) is 40.2. The summed E-state index contributed by atoms with van der Waals surface area (Å²) < 4.78 is 13.9. The zero-order chi connectivity index (χ0) is 23.5. The van der Waals surface area contributed by atoms with E-state index in [2.05, 4.69) is 15.7 Å². The Labute approximate surface area is 187 Å². The Kier molecular flexibility index (Phi) is 5.90. The van der Waals surface area contributed by atoms with Gasteiger partial charge in [-0.3, -0.25) is 20.0 Å². The fraction of sp³-hybridized carbons (Fsp3) is 0.130. The Balaban J connectivity index is 1.84. The summed E-state index contributed by atoms with van der Waals surface area (Å²) in [6, 6.07) is 9.37. The summed E-state index contributed by atoms with van der Waals surface area (Å²) in [6.45, 7) is -0.695. The number of benzene rings is 1. The molecule has 168 valence electrons. The average molecular weight is 450 g/mol. The van der Waals surface area contributed by atoms with Crippen LogP contribution in [0.15, 0.2) is 78.0 Å². The largest absolute Gasteiger partial charge is 0.493 e. The van der Waals surface area contributed by atoms with Crippen LogP contribution in [0.5, 0.6) is 0 Å². The van der Waals surface area contributed by atoms with Crippen molar-refractivity contribution in [1.29, 1.82) is 0 Å². The average Bonchev–Trinajstić information content (AvgIpc) is 2.80. The van der Waals surface area contributed by atoms with Gasteiger partial charge < -0.3 is 15.5 Å². The van der Waals surface area contributed by atoms with Crippen molar-refractivity contribution in [2.75, 3.05) is 6.54 Å². The van der Waals surface area contributed by atoms with Crippen molar-refractivity contribution in [3.8, 4) is 0 Å². The highest BCUT2D eigenvalue weighted by Crippen LogP contribution is 2.39. The van der Waals surface area contributed by atoms with Crippen LogP contribution >= 0.6 is 0 Å². The topological polar surface area (TPSA) is 132 Å². The molecule has 4 rings (SSSR count). The van der Waals surface area contributed by atoms with Crippen molar-refractivity contribution >= 4 is 23.5 Å². The SMILES string of the molecule is O=C(O)CNC(=O)N1NC(c2cncc(F)c2)=C2C=CC(=O)C(Cc3ccccc3)C2=C1O. The summed E-state index contributed by atoms with van der Waals surface area (Å²) >= 11 is 0. The Morgan fingerprint density at radius 3 is 2.64 bits per heavy atom. The van der Waals surface area contributed by atoms with Crippen LogP contribution in [0.1, 0.15) is 11.1 Å². The molecule has 2 aromatic rings. The highest BCUT2D eigenvalue weighted by Gasteiger charge is 2.38. The molecule has 4 N–H and O–H groups in total. The molecule has 9 nitrogen and oxygen atoms in total. The van der Waals surface area contributed by atoms with Crippen LogP contribution in [0.25, 0.3) is 5.70 Å². The summed E-state index contributed by atoms with van der Waals surface area (Å²) in [5, 5.41) is 22.7. The van der Waals surface area contributed by atoms with Crippen molar-refractivity contribution in [3.05, 3.63) is 94.9 Å². The number of fused-ring (bicyclic) bond motifs is 1. The molecule has 0 radical (unpaired) electrons. The lowest BCUT2D eigenvalue weighted by atomic mass is 9.78. The molecule has 0 fully saturated rings. The number of aromatic nitrogens is 1. The number of amides is 2. The van der Waals surface area contributed by atoms with Gasteiger partial charge in [-0.2, -0.15) is 5.01 Å². The van der Waals surface area contributed by atoms with Gasteiger partial charge in [0.1, 0.15) is 12.4 Å². The number of urea groups is 1. The molecule has 0 saturated carbocycles. The number of aliphatic carboxylic acids is 1. The highest BCUT2D eigenvalue weighted by atomic mass is 19.1. The molecule has 1 aromatic carbocycles. The van der Waals surface area contributed by atoms with Crippen LogP contribution < -0.4 is 10.7 Å². The van der Waals surface area contributed by atoms with E-state index in [0.717, 1.165) is 11.8 Å². The zero-order valence-corrected chi connectivity index (χ0v) is 17.2. The first kappa shape index (κ1) is 21.8. The van der Waals surface area contributed by atoms with Crippen molar-refractivity contribution in [3.63, 3.8) is 0 Å². The second-order valence-corrected chi connectivity index (χ2v) is 7.40. The third-order valence-electron chi connectivity index (χ3n) is 5.21. The maximum Gasteiger partial charge on any atom is 0.343 e. The van der Waals surface area contributed by atoms with Crippen molar-refractivity contribution in [2.45, 2.75) is 6.42 Å². The van der Waals surface area contributed by atoms with Crippen LogP contribution in [0.2, 0.25) is 0 Å². The van der Waals surface area contributed by atoms with Gasteiger partial charge in [0.2, 0.25) is 5.88 Å². The number of carbonyl (C=O) groups is 3. The maximum absolute atomic E-state index is 13.9. The van der Waals surface area contributed by atoms with Crippen molar-refractivity contribution in [2.24, 2.45) is 5.92 Å². The number of allylic oxidation sites excluding steroid dienone is 4. The molecular formula is C23H19FN4O5. The minimum atomic E-state index is -1.28. The number of nitrogens with one attached hydrogen (secondary N) is 2. The van der Waals surface area contributed by atoms with Gasteiger partial charge in [-0.25, -0.2) is 9.18 Å². The maximum atomic E-state index is 13.9. The van der Waals surface area contributed by atoms with E-state index in [0.29, 0.717) is 10.6 Å². The van der Waals surface area contributed by atoms with Gasteiger partial charge in [-0.1, -0.05) is 30.3 Å². The standard InChI is InChI=1S/C23H19FN4O5/c24-15-9-14(10-25-11-15)21-16-6-7-18(29)17(8-13-4-2-1-3-5-13)20(16)22(32)28(27-21)23(33)26-12-19(30)31/h1-7,9-11,17,27,32H,8,12H2,(H,26,33)(H,30,31). The van der Waals surface area contributed by atoms with E-state index in [-0.39, 0.29) is 29.0 Å². The molecule has 2 amide bonds. The van der Waals surface area contributed by atoms with Crippen LogP contribution in [0.4, 0.5) is 9.18 Å². The van der Waals surface area contributed by atoms with E-state index in [1.165, 1.54) is 24.4 Å². The smallest absolute Gasteiger partial charge is 0.343 e. The monoisotopic (exact) mass is 450 g/mol. The number of aliphatic hydroxyl groups is 1. The predicted octanol–water partition coefficient (Wildman–Crippen LogP) is 2.31. The predicted molar refractivity (Wildman–Crippen MR) is 115 cm³/mol. The highest BCUT2D eigenvalue weighted by molar-refractivity contribution is 6.00. The van der Waals surface area contributed by atoms with Crippen molar-refractivity contribution in [1.82, 2.24) is 20.7 Å². The molecule has 1 aliphatic carbocycles. The van der Waals surface area contributed by atoms with Crippen LogP contribution in [0, 0.1) is 11.7 Å². The van der Waals surface area contributed by atoms with Gasteiger partial charge >= 0.3 is 12.0 Å². The quantitative estimate of drug-likeness (QED) is 0.550. The number of aliphatic hydroxyl groups excluding tert-OH is 1. The van der Waals surface area contributed by atoms with Gasteiger partial charge in [-0.15, -0.1) is 0 Å². The molecule has 1 atom stereocenters. The summed E-state index contributed by atoms with van der Waals surface area (Å²) in [5.41, 5.74) is 4.58. The molecule has 2 aliphatic rings. The number of nitrogens with zero attached hydrogens (tertiary/aromatic N) is 2. The number of pyridine rings is 1. The van der Waals surface area contributed by atoms with Gasteiger partial charge in [-0.05, 0) is 30.2 Å². The van der Waals surface area contributed by atoms with E-state index in [9.17, 15) is 23.9 Å². The van der Waals surface area contributed by atoms with Crippen LogP contribution in [-0.2, 0) is 16.0 Å². The number of carbonyl (C=O) groups excluding carboxylic acids is 2. The minimum absolute atomic E-state index is 0.162. The molecule has 0 spiro atoms. The van der Waals surface area contributed by atoms with Gasteiger partial charge in [0.15, 0.2) is 5.78 Å². The second kappa shape index (κ2) is 8.95. The fourth-order valence-corrected chi connectivity index (χ4v) is 3.74. The van der Waals surface area contributed by atoms with Gasteiger partial charge in [0.05, 0.1) is 17.8 Å². The number of carboxylic acid groups (broad SMARTS) is 1. The van der Waals surface area contributed by atoms with Crippen LogP contribution in [0.3, 0.4) is 0 Å². The fourth-order valence-electron chi connectivity index (χ4n) is 3.74. The second-order valence-electron chi connectivity index (χ2n) is 7.40. The summed E-state index contributed by atoms with van der Waals surface area (Å²) in [7, 11) is 0. The van der Waals surface area contributed by atoms with E-state index in [4.69, 9.17) is 5.11 Å². The number of hydrazine groups is 1. The molecule has 0 bridgehead atoms. The minimum Gasteiger partial charge on any atom is -0.493 e. The van der Waals surface area contributed by atoms with Crippen molar-refractivity contribution < 1.29 is 29.0 Å². The Hall–Kier alpha value is -4.47. The Morgan fingerprint density at radius 2 is 1.94 bits per heavy atom. The third kappa shape index (κ3) is 4.45.